The summed E-state index contributed by atoms with van der Waals surface area (Å²) < 4.78 is 13.7. The number of hydrogen-bond donors (Lipinski definition) is 3. The summed E-state index contributed by atoms with van der Waals surface area (Å²) in [5.41, 5.74) is 1.78. The highest BCUT2D eigenvalue weighted by Crippen LogP contribution is 2.34. The molecule has 0 aliphatic carbocycles. The van der Waals surface area contributed by atoms with E-state index in [1.165, 1.54) is 0 Å². The van der Waals surface area contributed by atoms with E-state index in [2.05, 4.69) is 27.5 Å². The minimum Gasteiger partial charge on any atom is -0.394 e. The molecule has 3 N–H and O–H groups in total. The molecule has 2 aromatic heterocycles. The predicted octanol–water partition coefficient (Wildman–Crippen LogP) is 5.22. The van der Waals surface area contributed by atoms with Gasteiger partial charge in [-0.3, -0.25) is 4.21 Å². The van der Waals surface area contributed by atoms with E-state index in [-0.39, 0.29) is 18.6 Å². The highest BCUT2D eigenvalue weighted by molar-refractivity contribution is 7.85. The average molecular weight is 522 g/mol. The molecule has 3 heterocycles. The molecular weight excluding hydrogens is 490 g/mol. The third-order valence-electron chi connectivity index (χ3n) is 6.14. The maximum atomic E-state index is 12.6. The lowest BCUT2D eigenvalue weighted by Gasteiger charge is -2.22. The summed E-state index contributed by atoms with van der Waals surface area (Å²) in [7, 11) is -1.11. The number of aromatic nitrogens is 3. The normalized spacial score (nSPS) is 17.2. The Bertz CT molecular complexity index is 1170. The van der Waals surface area contributed by atoms with Crippen molar-refractivity contribution in [3.8, 4) is 0 Å². The zero-order chi connectivity index (χ0) is 24.2. The van der Waals surface area contributed by atoms with Crippen LogP contribution in [0.25, 0.3) is 10.2 Å². The number of aliphatic hydroxyl groups is 1. The molecule has 184 valence electrons. The Labute approximate surface area is 212 Å². The zero-order valence-electron chi connectivity index (χ0n) is 19.8. The fourth-order valence-electron chi connectivity index (χ4n) is 4.16. The minimum absolute atomic E-state index is 0.0160. The van der Waals surface area contributed by atoms with Gasteiger partial charge in [-0.1, -0.05) is 38.8 Å². The maximum Gasteiger partial charge on any atom is 0.224 e. The van der Waals surface area contributed by atoms with Crippen molar-refractivity contribution in [3.63, 3.8) is 0 Å². The standard InChI is InChI=1S/C24H32ClN5O2S2/c1-4-5-15(23-28-18-12-16(25)6-7-20(18)33-23)8-10-26-24-29-17-9-11-34(32)21(17)22(30-24)27-19(13-31)14(2)3/h6-7,12,14-15,19,31H,4-5,8-11,13H2,1-3H3,(H2,26,27,29,30). The van der Waals surface area contributed by atoms with Gasteiger partial charge >= 0.3 is 0 Å². The molecule has 0 saturated carbocycles. The van der Waals surface area contributed by atoms with Crippen LogP contribution in [0.1, 0.15) is 56.7 Å². The number of halogens is 1. The molecule has 3 aromatic rings. The molecule has 10 heteroatoms. The highest BCUT2D eigenvalue weighted by atomic mass is 35.5. The van der Waals surface area contributed by atoms with Gasteiger partial charge in [0.15, 0.2) is 0 Å². The van der Waals surface area contributed by atoms with Crippen molar-refractivity contribution in [2.75, 3.05) is 29.5 Å². The Morgan fingerprint density at radius 2 is 2.06 bits per heavy atom. The Morgan fingerprint density at radius 1 is 1.24 bits per heavy atom. The first kappa shape index (κ1) is 25.3. The SMILES string of the molecule is CCCC(CCNc1nc2c(c(NC(CO)C(C)C)n1)S(=O)CC2)c1nc2cc(Cl)ccc2s1. The summed E-state index contributed by atoms with van der Waals surface area (Å²) in [4.78, 5) is 14.9. The molecule has 0 radical (unpaired) electrons. The number of fused-ring (bicyclic) bond motifs is 2. The number of aryl methyl sites for hydroxylation is 1. The highest BCUT2D eigenvalue weighted by Gasteiger charge is 2.27. The second-order valence-corrected chi connectivity index (χ2v) is 12.0. The third kappa shape index (κ3) is 5.70. The first-order valence-electron chi connectivity index (χ1n) is 11.9. The molecule has 3 unspecified atom stereocenters. The van der Waals surface area contributed by atoms with Crippen molar-refractivity contribution in [3.05, 3.63) is 33.9 Å². The smallest absolute Gasteiger partial charge is 0.224 e. The number of nitrogens with one attached hydrogen (secondary N) is 2. The minimum atomic E-state index is -1.11. The third-order valence-corrected chi connectivity index (χ3v) is 9.03. The van der Waals surface area contributed by atoms with Gasteiger partial charge in [0.1, 0.15) is 10.7 Å². The number of hydrogen-bond acceptors (Lipinski definition) is 8. The van der Waals surface area contributed by atoms with Gasteiger partial charge in [0, 0.05) is 29.7 Å². The van der Waals surface area contributed by atoms with Gasteiger partial charge in [0.25, 0.3) is 0 Å². The summed E-state index contributed by atoms with van der Waals surface area (Å²) in [6.45, 7) is 6.96. The van der Waals surface area contributed by atoms with Crippen LogP contribution in [0.2, 0.25) is 5.02 Å². The van der Waals surface area contributed by atoms with Crippen LogP contribution in [-0.2, 0) is 17.2 Å². The van der Waals surface area contributed by atoms with E-state index in [1.54, 1.807) is 11.3 Å². The topological polar surface area (TPSA) is 100 Å². The van der Waals surface area contributed by atoms with Crippen molar-refractivity contribution < 1.29 is 9.32 Å². The molecule has 0 fully saturated rings. The van der Waals surface area contributed by atoms with Crippen LogP contribution in [0.3, 0.4) is 0 Å². The van der Waals surface area contributed by atoms with Gasteiger partial charge < -0.3 is 15.7 Å². The number of benzene rings is 1. The number of nitrogens with zero attached hydrogens (tertiary/aromatic N) is 3. The molecular formula is C24H32ClN5O2S2. The molecule has 1 aliphatic heterocycles. The van der Waals surface area contributed by atoms with Crippen LogP contribution in [-0.4, -0.2) is 49.2 Å². The number of anilines is 2. The zero-order valence-corrected chi connectivity index (χ0v) is 22.2. The fourth-order valence-corrected chi connectivity index (χ4v) is 6.76. The number of thiazole rings is 1. The Kier molecular flexibility index (Phi) is 8.39. The Balaban J connectivity index is 1.49. The lowest BCUT2D eigenvalue weighted by atomic mass is 10.0. The van der Waals surface area contributed by atoms with Crippen LogP contribution >= 0.6 is 22.9 Å². The van der Waals surface area contributed by atoms with Crippen molar-refractivity contribution in [2.45, 2.75) is 63.3 Å². The first-order chi connectivity index (χ1) is 16.4. The van der Waals surface area contributed by atoms with E-state index in [9.17, 15) is 9.32 Å². The van der Waals surface area contributed by atoms with Crippen molar-refractivity contribution >= 4 is 55.7 Å². The van der Waals surface area contributed by atoms with Gasteiger partial charge in [0.2, 0.25) is 5.95 Å². The van der Waals surface area contributed by atoms with E-state index in [1.807, 2.05) is 32.0 Å². The van der Waals surface area contributed by atoms with Gasteiger partial charge in [-0.15, -0.1) is 11.3 Å². The first-order valence-corrected chi connectivity index (χ1v) is 14.4. The predicted molar refractivity (Wildman–Crippen MR) is 142 cm³/mol. The maximum absolute atomic E-state index is 12.6. The second-order valence-electron chi connectivity index (χ2n) is 9.01. The lowest BCUT2D eigenvalue weighted by molar-refractivity contribution is 0.249. The molecule has 0 bridgehead atoms. The Hall–Kier alpha value is -1.81. The summed E-state index contributed by atoms with van der Waals surface area (Å²) >= 11 is 7.88. The van der Waals surface area contributed by atoms with Crippen LogP contribution in [0.15, 0.2) is 23.1 Å². The van der Waals surface area contributed by atoms with Crippen LogP contribution in [0.4, 0.5) is 11.8 Å². The molecule has 0 saturated heterocycles. The largest absolute Gasteiger partial charge is 0.394 e. The van der Waals surface area contributed by atoms with Gasteiger partial charge in [-0.05, 0) is 37.0 Å². The number of rotatable bonds is 11. The van der Waals surface area contributed by atoms with Gasteiger partial charge in [-0.2, -0.15) is 4.98 Å². The Morgan fingerprint density at radius 3 is 2.79 bits per heavy atom. The van der Waals surface area contributed by atoms with E-state index in [0.29, 0.717) is 46.3 Å². The van der Waals surface area contributed by atoms with Gasteiger partial charge in [0.05, 0.1) is 44.4 Å². The molecule has 0 spiro atoms. The second kappa shape index (κ2) is 11.3. The van der Waals surface area contributed by atoms with E-state index in [0.717, 1.165) is 40.2 Å². The van der Waals surface area contributed by atoms with Crippen LogP contribution < -0.4 is 10.6 Å². The molecule has 1 aromatic carbocycles. The summed E-state index contributed by atoms with van der Waals surface area (Å²) in [5.74, 6) is 2.22. The van der Waals surface area contributed by atoms with Crippen molar-refractivity contribution in [1.29, 1.82) is 0 Å². The molecule has 1 aliphatic rings. The van der Waals surface area contributed by atoms with Crippen molar-refractivity contribution in [2.24, 2.45) is 5.92 Å². The van der Waals surface area contributed by atoms with Gasteiger partial charge in [-0.25, -0.2) is 9.97 Å². The summed E-state index contributed by atoms with van der Waals surface area (Å²) in [6.07, 6.45) is 3.71. The molecule has 7 nitrogen and oxygen atoms in total. The quantitative estimate of drug-likeness (QED) is 0.318. The van der Waals surface area contributed by atoms with Crippen LogP contribution in [0.5, 0.6) is 0 Å². The average Bonchev–Trinajstić information content (AvgIpc) is 3.39. The molecule has 0 amide bonds. The van der Waals surface area contributed by atoms with E-state index in [4.69, 9.17) is 16.6 Å². The van der Waals surface area contributed by atoms with E-state index < -0.39 is 10.8 Å². The van der Waals surface area contributed by atoms with E-state index >= 15 is 0 Å². The summed E-state index contributed by atoms with van der Waals surface area (Å²) in [6, 6.07) is 5.71. The monoisotopic (exact) mass is 521 g/mol. The number of aliphatic hydroxyl groups excluding tert-OH is 1. The summed E-state index contributed by atoms with van der Waals surface area (Å²) in [5, 5.41) is 18.3. The van der Waals surface area contributed by atoms with Crippen LogP contribution in [0, 0.1) is 5.92 Å². The fraction of sp³-hybridized carbons (Fsp3) is 0.542. The van der Waals surface area contributed by atoms with Crippen molar-refractivity contribution in [1.82, 2.24) is 15.0 Å². The lowest BCUT2D eigenvalue weighted by Crippen LogP contribution is -2.30. The molecule has 3 atom stereocenters. The molecule has 34 heavy (non-hydrogen) atoms. The molecule has 4 rings (SSSR count).